The van der Waals surface area contributed by atoms with E-state index in [4.69, 9.17) is 15.2 Å². The fourth-order valence-corrected chi connectivity index (χ4v) is 1.27. The molecule has 98 valence electrons. The van der Waals surface area contributed by atoms with Crippen LogP contribution in [0.5, 0.6) is 0 Å². The van der Waals surface area contributed by atoms with Gasteiger partial charge in [0, 0.05) is 6.42 Å². The molecule has 0 heterocycles. The number of nitrogens with two attached hydrogens (primary N) is 1. The second-order valence-corrected chi connectivity index (χ2v) is 3.67. The summed E-state index contributed by atoms with van der Waals surface area (Å²) in [5.41, 5.74) is 6.00. The van der Waals surface area contributed by atoms with Crippen molar-refractivity contribution in [2.24, 2.45) is 5.73 Å². The van der Waals surface area contributed by atoms with E-state index >= 15 is 0 Å². The first-order valence-corrected chi connectivity index (χ1v) is 5.77. The molecule has 18 heavy (non-hydrogen) atoms. The van der Waals surface area contributed by atoms with Crippen LogP contribution in [0, 0.1) is 0 Å². The molecule has 5 nitrogen and oxygen atoms in total. The molecule has 0 aliphatic rings. The molecule has 1 aromatic rings. The summed E-state index contributed by atoms with van der Waals surface area (Å²) in [6.45, 7) is 0.317. The van der Waals surface area contributed by atoms with Crippen LogP contribution in [0.2, 0.25) is 0 Å². The van der Waals surface area contributed by atoms with Crippen molar-refractivity contribution in [1.29, 1.82) is 0 Å². The van der Waals surface area contributed by atoms with Gasteiger partial charge in [0.15, 0.2) is 0 Å². The van der Waals surface area contributed by atoms with Gasteiger partial charge >= 0.3 is 11.9 Å². The van der Waals surface area contributed by atoms with Gasteiger partial charge in [0.25, 0.3) is 0 Å². The second-order valence-electron chi connectivity index (χ2n) is 3.67. The molecule has 0 unspecified atom stereocenters. The van der Waals surface area contributed by atoms with E-state index in [0.717, 1.165) is 5.56 Å². The van der Waals surface area contributed by atoms with Crippen molar-refractivity contribution in [3.8, 4) is 0 Å². The van der Waals surface area contributed by atoms with Crippen LogP contribution in [0.25, 0.3) is 0 Å². The minimum atomic E-state index is -0.465. The molecule has 0 aromatic heterocycles. The lowest BCUT2D eigenvalue weighted by molar-refractivity contribution is -0.147. The average molecular weight is 251 g/mol. The Morgan fingerprint density at radius 3 is 2.44 bits per heavy atom. The Labute approximate surface area is 106 Å². The third-order valence-electron chi connectivity index (χ3n) is 2.20. The summed E-state index contributed by atoms with van der Waals surface area (Å²) in [5, 5.41) is 0. The molecular formula is C13H17NO4. The van der Waals surface area contributed by atoms with Crippen LogP contribution in [-0.4, -0.2) is 25.1 Å². The second kappa shape index (κ2) is 8.25. The summed E-state index contributed by atoms with van der Waals surface area (Å²) in [7, 11) is 0. The normalized spacial score (nSPS) is 9.83. The maximum absolute atomic E-state index is 11.3. The largest absolute Gasteiger partial charge is 0.465 e. The third kappa shape index (κ3) is 6.00. The number of ether oxygens (including phenoxy) is 2. The minimum absolute atomic E-state index is 0.140. The van der Waals surface area contributed by atoms with Crippen LogP contribution >= 0.6 is 0 Å². The lowest BCUT2D eigenvalue weighted by atomic mass is 10.2. The first-order chi connectivity index (χ1) is 8.72. The SMILES string of the molecule is NCC(=O)OCCCC(=O)OCc1ccccc1. The molecule has 0 bridgehead atoms. The standard InChI is InChI=1S/C13H17NO4/c14-9-13(16)17-8-4-7-12(15)18-10-11-5-2-1-3-6-11/h1-3,5-6H,4,7-10,14H2. The molecule has 2 N–H and O–H groups in total. The molecule has 0 saturated carbocycles. The van der Waals surface area contributed by atoms with Gasteiger partial charge in [0.1, 0.15) is 6.61 Å². The Balaban J connectivity index is 2.09. The molecule has 0 fully saturated rings. The van der Waals surface area contributed by atoms with Gasteiger partial charge in [-0.1, -0.05) is 30.3 Å². The Bertz CT molecular complexity index is 378. The van der Waals surface area contributed by atoms with Gasteiger partial charge in [-0.05, 0) is 12.0 Å². The first kappa shape index (κ1) is 14.2. The highest BCUT2D eigenvalue weighted by atomic mass is 16.5. The van der Waals surface area contributed by atoms with E-state index in [1.54, 1.807) is 0 Å². The Morgan fingerprint density at radius 1 is 1.06 bits per heavy atom. The summed E-state index contributed by atoms with van der Waals surface area (Å²) >= 11 is 0. The van der Waals surface area contributed by atoms with E-state index in [2.05, 4.69) is 0 Å². The van der Waals surface area contributed by atoms with E-state index in [-0.39, 0.29) is 32.1 Å². The van der Waals surface area contributed by atoms with Crippen LogP contribution in [0.4, 0.5) is 0 Å². The maximum Gasteiger partial charge on any atom is 0.319 e. The molecule has 0 radical (unpaired) electrons. The van der Waals surface area contributed by atoms with E-state index < -0.39 is 5.97 Å². The predicted octanol–water partition coefficient (Wildman–Crippen LogP) is 1.01. The lowest BCUT2D eigenvalue weighted by Crippen LogP contribution is -2.17. The van der Waals surface area contributed by atoms with Crippen molar-refractivity contribution >= 4 is 11.9 Å². The molecule has 0 spiro atoms. The fourth-order valence-electron chi connectivity index (χ4n) is 1.27. The predicted molar refractivity (Wildman–Crippen MR) is 65.5 cm³/mol. The minimum Gasteiger partial charge on any atom is -0.465 e. The van der Waals surface area contributed by atoms with Gasteiger partial charge in [0.05, 0.1) is 13.2 Å². The van der Waals surface area contributed by atoms with Crippen LogP contribution in [0.15, 0.2) is 30.3 Å². The van der Waals surface area contributed by atoms with Gasteiger partial charge in [0.2, 0.25) is 0 Å². The fraction of sp³-hybridized carbons (Fsp3) is 0.385. The third-order valence-corrected chi connectivity index (χ3v) is 2.20. The molecule has 0 saturated heterocycles. The van der Waals surface area contributed by atoms with Gasteiger partial charge in [-0.15, -0.1) is 0 Å². The lowest BCUT2D eigenvalue weighted by Gasteiger charge is -2.05. The number of rotatable bonds is 7. The summed E-state index contributed by atoms with van der Waals surface area (Å²) in [4.78, 5) is 22.0. The zero-order chi connectivity index (χ0) is 13.2. The van der Waals surface area contributed by atoms with Gasteiger partial charge < -0.3 is 15.2 Å². The van der Waals surface area contributed by atoms with Crippen LogP contribution < -0.4 is 5.73 Å². The van der Waals surface area contributed by atoms with E-state index in [9.17, 15) is 9.59 Å². The van der Waals surface area contributed by atoms with Crippen LogP contribution in [0.3, 0.4) is 0 Å². The number of hydrogen-bond donors (Lipinski definition) is 1. The van der Waals surface area contributed by atoms with Crippen molar-refractivity contribution in [1.82, 2.24) is 0 Å². The van der Waals surface area contributed by atoms with Crippen molar-refractivity contribution in [3.63, 3.8) is 0 Å². The van der Waals surface area contributed by atoms with Crippen molar-refractivity contribution in [2.45, 2.75) is 19.4 Å². The molecule has 0 aliphatic heterocycles. The average Bonchev–Trinajstić information content (AvgIpc) is 2.42. The van der Waals surface area contributed by atoms with E-state index in [0.29, 0.717) is 6.42 Å². The summed E-state index contributed by atoms with van der Waals surface area (Å²) in [6.07, 6.45) is 0.671. The molecule has 0 aliphatic carbocycles. The number of hydrogen-bond acceptors (Lipinski definition) is 5. The Morgan fingerprint density at radius 2 is 1.78 bits per heavy atom. The van der Waals surface area contributed by atoms with E-state index in [1.165, 1.54) is 0 Å². The highest BCUT2D eigenvalue weighted by Gasteiger charge is 2.04. The molecule has 5 heteroatoms. The number of carbonyl (C=O) groups is 2. The topological polar surface area (TPSA) is 78.6 Å². The number of esters is 2. The Hall–Kier alpha value is -1.88. The maximum atomic E-state index is 11.3. The number of carbonyl (C=O) groups excluding carboxylic acids is 2. The highest BCUT2D eigenvalue weighted by molar-refractivity contribution is 5.71. The van der Waals surface area contributed by atoms with Gasteiger partial charge in [-0.2, -0.15) is 0 Å². The summed E-state index contributed by atoms with van der Waals surface area (Å²) < 4.78 is 9.79. The monoisotopic (exact) mass is 251 g/mol. The zero-order valence-electron chi connectivity index (χ0n) is 10.1. The molecular weight excluding hydrogens is 234 g/mol. The number of benzene rings is 1. The van der Waals surface area contributed by atoms with Crippen molar-refractivity contribution in [3.05, 3.63) is 35.9 Å². The Kier molecular flexibility index (Phi) is 6.50. The molecule has 0 atom stereocenters. The highest BCUT2D eigenvalue weighted by Crippen LogP contribution is 2.02. The zero-order valence-corrected chi connectivity index (χ0v) is 10.1. The molecule has 1 rings (SSSR count). The smallest absolute Gasteiger partial charge is 0.319 e. The van der Waals surface area contributed by atoms with Crippen molar-refractivity contribution < 1.29 is 19.1 Å². The first-order valence-electron chi connectivity index (χ1n) is 5.77. The summed E-state index contributed by atoms with van der Waals surface area (Å²) in [5.74, 6) is -0.768. The van der Waals surface area contributed by atoms with Crippen LogP contribution in [0.1, 0.15) is 18.4 Å². The van der Waals surface area contributed by atoms with E-state index in [1.807, 2.05) is 30.3 Å². The van der Waals surface area contributed by atoms with Crippen molar-refractivity contribution in [2.75, 3.05) is 13.2 Å². The summed E-state index contributed by atoms with van der Waals surface area (Å²) in [6, 6.07) is 9.44. The quantitative estimate of drug-likeness (QED) is 0.578. The van der Waals surface area contributed by atoms with Crippen LogP contribution in [-0.2, 0) is 25.7 Å². The molecule has 0 amide bonds. The molecule has 1 aromatic carbocycles. The van der Waals surface area contributed by atoms with Gasteiger partial charge in [-0.3, -0.25) is 9.59 Å². The van der Waals surface area contributed by atoms with Gasteiger partial charge in [-0.25, -0.2) is 0 Å².